The lowest BCUT2D eigenvalue weighted by Gasteiger charge is -2.11. The van der Waals surface area contributed by atoms with Crippen LogP contribution in [-0.2, 0) is 0 Å². The molecule has 28 heavy (non-hydrogen) atoms. The summed E-state index contributed by atoms with van der Waals surface area (Å²) in [6.45, 7) is 0. The van der Waals surface area contributed by atoms with Crippen LogP contribution in [0, 0.1) is 6.07 Å². The van der Waals surface area contributed by atoms with Gasteiger partial charge >= 0.3 is 0 Å². The third-order valence-electron chi connectivity index (χ3n) is 5.43. The third-order valence-corrected chi connectivity index (χ3v) is 5.43. The number of nitrogens with zero attached hydrogens (tertiary/aromatic N) is 2. The van der Waals surface area contributed by atoms with Gasteiger partial charge in [-0.2, -0.15) is 0 Å². The minimum atomic E-state index is 0.964. The second-order valence-electron chi connectivity index (χ2n) is 7.04. The summed E-state index contributed by atoms with van der Waals surface area (Å²) in [4.78, 5) is 9.29. The first-order valence-corrected chi connectivity index (χ1v) is 9.34. The quantitative estimate of drug-likeness (QED) is 0.312. The molecule has 0 unspecified atom stereocenters. The van der Waals surface area contributed by atoms with Gasteiger partial charge in [0.25, 0.3) is 0 Å². The number of hydrogen-bond donors (Lipinski definition) is 0. The minimum Gasteiger partial charge on any atom is -0.256 e. The normalized spacial score (nSPS) is 11.6. The molecule has 0 atom stereocenters. The average molecular weight is 355 g/mol. The summed E-state index contributed by atoms with van der Waals surface area (Å²) in [6.07, 6.45) is 3.88. The van der Waals surface area contributed by atoms with Gasteiger partial charge in [0.1, 0.15) is 0 Å². The van der Waals surface area contributed by atoms with E-state index in [1.54, 1.807) is 0 Å². The molecule has 0 aliphatic heterocycles. The van der Waals surface area contributed by atoms with Crippen LogP contribution < -0.4 is 0 Å². The SMILES string of the molecule is [c]1cc2ncc3ccccc3c2cc1-c1cccc2ncc3ccccc3c12. The van der Waals surface area contributed by atoms with E-state index in [0.717, 1.165) is 38.3 Å². The fraction of sp³-hybridized carbons (Fsp3) is 0. The highest BCUT2D eigenvalue weighted by Gasteiger charge is 2.10. The number of fused-ring (bicyclic) bond motifs is 6. The van der Waals surface area contributed by atoms with Crippen molar-refractivity contribution < 1.29 is 0 Å². The van der Waals surface area contributed by atoms with Crippen molar-refractivity contribution >= 4 is 43.4 Å². The van der Waals surface area contributed by atoms with Gasteiger partial charge < -0.3 is 0 Å². The Kier molecular flexibility index (Phi) is 3.20. The molecule has 0 spiro atoms. The zero-order valence-corrected chi connectivity index (χ0v) is 15.1. The van der Waals surface area contributed by atoms with Gasteiger partial charge in [0.05, 0.1) is 11.0 Å². The predicted molar refractivity (Wildman–Crippen MR) is 116 cm³/mol. The van der Waals surface area contributed by atoms with E-state index in [4.69, 9.17) is 0 Å². The minimum absolute atomic E-state index is 0.964. The fourth-order valence-corrected chi connectivity index (χ4v) is 4.09. The molecule has 0 aliphatic rings. The van der Waals surface area contributed by atoms with E-state index in [2.05, 4.69) is 82.8 Å². The Morgan fingerprint density at radius 1 is 0.607 bits per heavy atom. The van der Waals surface area contributed by atoms with Gasteiger partial charge in [0, 0.05) is 33.9 Å². The van der Waals surface area contributed by atoms with Crippen molar-refractivity contribution in [2.75, 3.05) is 0 Å². The Hall–Kier alpha value is -3.78. The second kappa shape index (κ2) is 5.86. The van der Waals surface area contributed by atoms with E-state index >= 15 is 0 Å². The summed E-state index contributed by atoms with van der Waals surface area (Å²) in [7, 11) is 0. The molecule has 4 aromatic carbocycles. The topological polar surface area (TPSA) is 25.8 Å². The maximum Gasteiger partial charge on any atom is 0.0715 e. The van der Waals surface area contributed by atoms with Crippen LogP contribution in [0.4, 0.5) is 0 Å². The predicted octanol–water partition coefficient (Wildman–Crippen LogP) is 6.56. The molecule has 0 saturated heterocycles. The number of aromatic nitrogens is 2. The third kappa shape index (κ3) is 2.21. The highest BCUT2D eigenvalue weighted by molar-refractivity contribution is 6.14. The first kappa shape index (κ1) is 15.3. The first-order valence-electron chi connectivity index (χ1n) is 9.34. The van der Waals surface area contributed by atoms with Crippen LogP contribution in [-0.4, -0.2) is 9.97 Å². The maximum absolute atomic E-state index is 4.68. The van der Waals surface area contributed by atoms with E-state index in [9.17, 15) is 0 Å². The Balaban J connectivity index is 1.73. The number of rotatable bonds is 1. The van der Waals surface area contributed by atoms with Crippen molar-refractivity contribution in [3.63, 3.8) is 0 Å². The van der Waals surface area contributed by atoms with Gasteiger partial charge in [-0.15, -0.1) is 0 Å². The number of pyridine rings is 2. The van der Waals surface area contributed by atoms with E-state index < -0.39 is 0 Å². The van der Waals surface area contributed by atoms with Gasteiger partial charge in [-0.1, -0.05) is 60.7 Å². The molecule has 0 bridgehead atoms. The number of benzene rings is 4. The van der Waals surface area contributed by atoms with Crippen molar-refractivity contribution in [2.24, 2.45) is 0 Å². The van der Waals surface area contributed by atoms with Crippen LogP contribution in [0.1, 0.15) is 0 Å². The molecule has 2 heteroatoms. The highest BCUT2D eigenvalue weighted by atomic mass is 14.7. The Bertz CT molecular complexity index is 1520. The lowest BCUT2D eigenvalue weighted by Crippen LogP contribution is -1.88. The van der Waals surface area contributed by atoms with Crippen molar-refractivity contribution in [1.82, 2.24) is 9.97 Å². The average Bonchev–Trinajstić information content (AvgIpc) is 2.78. The van der Waals surface area contributed by atoms with Crippen molar-refractivity contribution in [1.29, 1.82) is 0 Å². The largest absolute Gasteiger partial charge is 0.256 e. The van der Waals surface area contributed by atoms with Crippen LogP contribution in [0.15, 0.2) is 91.3 Å². The Labute approximate surface area is 162 Å². The molecule has 6 rings (SSSR count). The van der Waals surface area contributed by atoms with Crippen LogP contribution >= 0.6 is 0 Å². The van der Waals surface area contributed by atoms with Crippen LogP contribution in [0.5, 0.6) is 0 Å². The zero-order valence-electron chi connectivity index (χ0n) is 15.1. The first-order chi connectivity index (χ1) is 13.9. The van der Waals surface area contributed by atoms with Gasteiger partial charge in [-0.3, -0.25) is 9.97 Å². The smallest absolute Gasteiger partial charge is 0.0715 e. The van der Waals surface area contributed by atoms with Crippen LogP contribution in [0.25, 0.3) is 54.5 Å². The summed E-state index contributed by atoms with van der Waals surface area (Å²) in [5.74, 6) is 0. The van der Waals surface area contributed by atoms with Crippen molar-refractivity contribution in [2.45, 2.75) is 0 Å². The van der Waals surface area contributed by atoms with E-state index in [1.807, 2.05) is 24.5 Å². The summed E-state index contributed by atoms with van der Waals surface area (Å²) in [5.41, 5.74) is 4.18. The van der Waals surface area contributed by atoms with Crippen LogP contribution in [0.2, 0.25) is 0 Å². The van der Waals surface area contributed by atoms with Gasteiger partial charge in [0.2, 0.25) is 0 Å². The standard InChI is InChI=1S/C26H15N2/c1-3-8-20-18(6-1)15-27-24-13-12-17(14-23(20)24)21-10-5-11-25-26(21)22-9-4-2-7-19(22)16-28-25/h1-11,13-16H. The molecular formula is C26H15N2. The summed E-state index contributed by atoms with van der Waals surface area (Å²) in [5, 5.41) is 7.05. The molecule has 1 radical (unpaired) electrons. The molecule has 2 nitrogen and oxygen atoms in total. The number of hydrogen-bond acceptors (Lipinski definition) is 2. The molecule has 0 fully saturated rings. The van der Waals surface area contributed by atoms with Gasteiger partial charge in [-0.25, -0.2) is 0 Å². The zero-order chi connectivity index (χ0) is 18.5. The lowest BCUT2D eigenvalue weighted by molar-refractivity contribution is 1.44. The van der Waals surface area contributed by atoms with Crippen molar-refractivity contribution in [3.05, 3.63) is 97.3 Å². The lowest BCUT2D eigenvalue weighted by atomic mass is 9.95. The van der Waals surface area contributed by atoms with Crippen LogP contribution in [0.3, 0.4) is 0 Å². The monoisotopic (exact) mass is 355 g/mol. The highest BCUT2D eigenvalue weighted by Crippen LogP contribution is 2.35. The fourth-order valence-electron chi connectivity index (χ4n) is 4.09. The Morgan fingerprint density at radius 3 is 2.18 bits per heavy atom. The molecule has 0 amide bonds. The molecule has 6 aromatic rings. The van der Waals surface area contributed by atoms with E-state index in [0.29, 0.717) is 0 Å². The summed E-state index contributed by atoms with van der Waals surface area (Å²) < 4.78 is 0. The molecule has 0 saturated carbocycles. The molecule has 2 aromatic heterocycles. The summed E-state index contributed by atoms with van der Waals surface area (Å²) in [6, 6.07) is 30.8. The van der Waals surface area contributed by atoms with Gasteiger partial charge in [-0.05, 0) is 46.2 Å². The molecular weight excluding hydrogens is 340 g/mol. The maximum atomic E-state index is 4.68. The Morgan fingerprint density at radius 2 is 1.32 bits per heavy atom. The second-order valence-corrected chi connectivity index (χ2v) is 7.04. The van der Waals surface area contributed by atoms with Gasteiger partial charge in [0.15, 0.2) is 0 Å². The van der Waals surface area contributed by atoms with E-state index in [-0.39, 0.29) is 0 Å². The molecule has 2 heterocycles. The summed E-state index contributed by atoms with van der Waals surface area (Å²) >= 11 is 0. The van der Waals surface area contributed by atoms with E-state index in [1.165, 1.54) is 16.2 Å². The molecule has 129 valence electrons. The molecule has 0 N–H and O–H groups in total. The molecule has 0 aliphatic carbocycles. The van der Waals surface area contributed by atoms with Crippen molar-refractivity contribution in [3.8, 4) is 11.1 Å².